The van der Waals surface area contributed by atoms with Gasteiger partial charge in [0.1, 0.15) is 0 Å². The van der Waals surface area contributed by atoms with Crippen LogP contribution < -0.4 is 5.69 Å². The zero-order valence-corrected chi connectivity index (χ0v) is 9.22. The van der Waals surface area contributed by atoms with E-state index in [2.05, 4.69) is 5.10 Å². The van der Waals surface area contributed by atoms with Crippen LogP contribution in [0.4, 0.5) is 17.1 Å². The minimum atomic E-state index is -4.87. The van der Waals surface area contributed by atoms with Gasteiger partial charge in [-0.3, -0.25) is 4.57 Å². The maximum absolute atomic E-state index is 12.3. The van der Waals surface area contributed by atoms with Gasteiger partial charge in [-0.2, -0.15) is 21.6 Å². The Hall–Kier alpha value is -1.39. The van der Waals surface area contributed by atoms with E-state index in [4.69, 9.17) is 0 Å². The lowest BCUT2D eigenvalue weighted by Crippen LogP contribution is -2.26. The van der Waals surface area contributed by atoms with E-state index in [9.17, 15) is 30.3 Å². The molecule has 17 heavy (non-hydrogen) atoms. The summed E-state index contributed by atoms with van der Waals surface area (Å²) in [7, 11) is -4.04. The molecular formula is C6H7F4N3O3S. The molecule has 11 heteroatoms. The largest absolute Gasteiger partial charge is 0.451 e. The van der Waals surface area contributed by atoms with Gasteiger partial charge < -0.3 is 0 Å². The fourth-order valence-electron chi connectivity index (χ4n) is 1.08. The number of alkyl halides is 3. The summed E-state index contributed by atoms with van der Waals surface area (Å²) < 4.78 is 69.8. The molecule has 0 bridgehead atoms. The quantitative estimate of drug-likeness (QED) is 0.571. The van der Waals surface area contributed by atoms with Gasteiger partial charge >= 0.3 is 22.1 Å². The van der Waals surface area contributed by atoms with Crippen molar-refractivity contribution in [1.29, 1.82) is 0 Å². The first-order valence-corrected chi connectivity index (χ1v) is 5.71. The summed E-state index contributed by atoms with van der Waals surface area (Å²) in [6.45, 7) is -0.776. The Morgan fingerprint density at radius 1 is 1.35 bits per heavy atom. The van der Waals surface area contributed by atoms with Crippen molar-refractivity contribution in [2.45, 2.75) is 12.7 Å². The van der Waals surface area contributed by atoms with Gasteiger partial charge in [0, 0.05) is 7.05 Å². The molecule has 0 aliphatic heterocycles. The molecule has 0 amide bonds. The van der Waals surface area contributed by atoms with E-state index in [0.29, 0.717) is 0 Å². The van der Waals surface area contributed by atoms with Gasteiger partial charge in [-0.1, -0.05) is 0 Å². The van der Waals surface area contributed by atoms with Crippen molar-refractivity contribution in [2.75, 3.05) is 5.75 Å². The molecule has 0 aromatic carbocycles. The van der Waals surface area contributed by atoms with Crippen molar-refractivity contribution in [1.82, 2.24) is 14.3 Å². The predicted octanol–water partition coefficient (Wildman–Crippen LogP) is -0.100. The van der Waals surface area contributed by atoms with E-state index in [-0.39, 0.29) is 9.25 Å². The Labute approximate surface area is 92.7 Å². The highest BCUT2D eigenvalue weighted by Gasteiger charge is 2.38. The summed E-state index contributed by atoms with van der Waals surface area (Å²) in [4.78, 5) is 11.2. The van der Waals surface area contributed by atoms with Crippen LogP contribution in [-0.4, -0.2) is 28.5 Å². The number of aromatic nitrogens is 3. The van der Waals surface area contributed by atoms with Crippen LogP contribution >= 0.6 is 0 Å². The van der Waals surface area contributed by atoms with Crippen LogP contribution in [0, 0.1) is 0 Å². The molecule has 0 aliphatic rings. The molecule has 0 N–H and O–H groups in total. The monoisotopic (exact) mass is 277 g/mol. The van der Waals surface area contributed by atoms with Gasteiger partial charge in [-0.05, 0) is 0 Å². The van der Waals surface area contributed by atoms with Gasteiger partial charge in [0.2, 0.25) is 5.82 Å². The minimum absolute atomic E-state index is 0.213. The molecular weight excluding hydrogens is 270 g/mol. The van der Waals surface area contributed by atoms with Crippen molar-refractivity contribution in [2.24, 2.45) is 7.05 Å². The third kappa shape index (κ3) is 3.28. The lowest BCUT2D eigenvalue weighted by Gasteiger charge is -2.02. The van der Waals surface area contributed by atoms with Crippen LogP contribution in [0.5, 0.6) is 0 Å². The molecule has 1 aromatic rings. The SMILES string of the molecule is Cn1c(C(F)(F)F)nn(CCS(=O)(=O)F)c1=O. The van der Waals surface area contributed by atoms with Crippen LogP contribution in [0.25, 0.3) is 0 Å². The number of hydrogen-bond acceptors (Lipinski definition) is 4. The zero-order valence-electron chi connectivity index (χ0n) is 8.40. The standard InChI is InChI=1S/C6H7F4N3O3S/c1-12-4(6(7,8)9)11-13(5(12)14)2-3-17(10,15)16/h2-3H2,1H3. The fourth-order valence-corrected chi connectivity index (χ4v) is 1.47. The van der Waals surface area contributed by atoms with Crippen molar-refractivity contribution < 1.29 is 25.5 Å². The highest BCUT2D eigenvalue weighted by Crippen LogP contribution is 2.25. The third-order valence-electron chi connectivity index (χ3n) is 1.84. The lowest BCUT2D eigenvalue weighted by atomic mass is 10.6. The maximum atomic E-state index is 12.3. The van der Waals surface area contributed by atoms with Crippen LogP contribution in [0.1, 0.15) is 5.82 Å². The highest BCUT2D eigenvalue weighted by molar-refractivity contribution is 7.86. The topological polar surface area (TPSA) is 74.0 Å². The molecule has 0 radical (unpaired) electrons. The molecule has 0 atom stereocenters. The van der Waals surface area contributed by atoms with Gasteiger partial charge in [0.05, 0.1) is 12.3 Å². The Bertz CT molecular complexity index is 570. The number of halogens is 4. The Morgan fingerprint density at radius 2 is 1.88 bits per heavy atom. The van der Waals surface area contributed by atoms with Crippen molar-refractivity contribution in [3.8, 4) is 0 Å². The molecule has 0 fully saturated rings. The van der Waals surface area contributed by atoms with Gasteiger partial charge in [-0.25, -0.2) is 9.48 Å². The summed E-state index contributed by atoms with van der Waals surface area (Å²) >= 11 is 0. The minimum Gasteiger partial charge on any atom is -0.274 e. The maximum Gasteiger partial charge on any atom is 0.451 e. The van der Waals surface area contributed by atoms with E-state index in [1.165, 1.54) is 0 Å². The summed E-state index contributed by atoms with van der Waals surface area (Å²) in [5.41, 5.74) is -1.17. The average Bonchev–Trinajstić information content (AvgIpc) is 2.39. The Morgan fingerprint density at radius 3 is 2.24 bits per heavy atom. The Kier molecular flexibility index (Phi) is 3.32. The first kappa shape index (κ1) is 13.7. The highest BCUT2D eigenvalue weighted by atomic mass is 32.3. The molecule has 0 unspecified atom stereocenters. The smallest absolute Gasteiger partial charge is 0.274 e. The normalized spacial score (nSPS) is 13.0. The summed E-state index contributed by atoms with van der Waals surface area (Å²) in [5.74, 6) is -2.58. The first-order valence-electron chi connectivity index (χ1n) is 4.16. The van der Waals surface area contributed by atoms with Gasteiger partial charge in [-0.15, -0.1) is 8.98 Å². The molecule has 1 aromatic heterocycles. The van der Waals surface area contributed by atoms with Crippen molar-refractivity contribution in [3.05, 3.63) is 16.3 Å². The Balaban J connectivity index is 3.09. The summed E-state index contributed by atoms with van der Waals surface area (Å²) in [6, 6.07) is 0. The van der Waals surface area contributed by atoms with E-state index < -0.39 is 40.2 Å². The number of hydrogen-bond donors (Lipinski definition) is 0. The number of nitrogens with zero attached hydrogens (tertiary/aromatic N) is 3. The van der Waals surface area contributed by atoms with Crippen LogP contribution in [0.3, 0.4) is 0 Å². The molecule has 98 valence electrons. The predicted molar refractivity (Wildman–Crippen MR) is 47.4 cm³/mol. The van der Waals surface area contributed by atoms with E-state index in [0.717, 1.165) is 7.05 Å². The van der Waals surface area contributed by atoms with Crippen LogP contribution in [0.15, 0.2) is 4.79 Å². The molecule has 1 heterocycles. The summed E-state index contributed by atoms with van der Waals surface area (Å²) in [6.07, 6.45) is -4.84. The second-order valence-corrected chi connectivity index (χ2v) is 4.61. The summed E-state index contributed by atoms with van der Waals surface area (Å²) in [5, 5.41) is 2.89. The first-order chi connectivity index (χ1) is 7.52. The molecule has 0 aliphatic carbocycles. The van der Waals surface area contributed by atoms with Crippen molar-refractivity contribution >= 4 is 10.2 Å². The lowest BCUT2D eigenvalue weighted by molar-refractivity contribution is -0.147. The average molecular weight is 277 g/mol. The van der Waals surface area contributed by atoms with E-state index in [1.54, 1.807) is 0 Å². The third-order valence-corrected chi connectivity index (χ3v) is 2.51. The fraction of sp³-hybridized carbons (Fsp3) is 0.667. The molecule has 0 saturated carbocycles. The van der Waals surface area contributed by atoms with Crippen LogP contribution in [-0.2, 0) is 30.0 Å². The van der Waals surface area contributed by atoms with Crippen molar-refractivity contribution in [3.63, 3.8) is 0 Å². The van der Waals surface area contributed by atoms with E-state index >= 15 is 0 Å². The second-order valence-electron chi connectivity index (χ2n) is 3.13. The van der Waals surface area contributed by atoms with Gasteiger partial charge in [0.25, 0.3) is 0 Å². The zero-order chi connectivity index (χ0) is 13.4. The van der Waals surface area contributed by atoms with Crippen LogP contribution in [0.2, 0.25) is 0 Å². The molecule has 0 spiro atoms. The van der Waals surface area contributed by atoms with E-state index in [1.807, 2.05) is 0 Å². The second kappa shape index (κ2) is 4.13. The molecule has 6 nitrogen and oxygen atoms in total. The number of rotatable bonds is 3. The van der Waals surface area contributed by atoms with Gasteiger partial charge in [0.15, 0.2) is 0 Å². The molecule has 1 rings (SSSR count). The molecule has 0 saturated heterocycles. The number of aryl methyl sites for hydroxylation is 1.